The summed E-state index contributed by atoms with van der Waals surface area (Å²) in [5.74, 6) is 0. The Morgan fingerprint density at radius 3 is 2.60 bits per heavy atom. The van der Waals surface area contributed by atoms with Crippen molar-refractivity contribution < 1.29 is 8.42 Å². The normalized spacial score (nSPS) is 11.3. The molecule has 0 aliphatic heterocycles. The molecule has 1 heterocycles. The summed E-state index contributed by atoms with van der Waals surface area (Å²) >= 11 is 0. The van der Waals surface area contributed by atoms with E-state index in [0.717, 1.165) is 0 Å². The molecule has 0 aliphatic carbocycles. The molecular weight excluding hydrogens is 216 g/mol. The van der Waals surface area contributed by atoms with Crippen molar-refractivity contribution in [2.45, 2.75) is 31.8 Å². The van der Waals surface area contributed by atoms with E-state index >= 15 is 0 Å². The summed E-state index contributed by atoms with van der Waals surface area (Å²) in [4.78, 5) is 0. The largest absolute Gasteiger partial charge is 0.256 e. The van der Waals surface area contributed by atoms with Gasteiger partial charge in [0.25, 0.3) is 10.0 Å². The van der Waals surface area contributed by atoms with E-state index in [9.17, 15) is 8.42 Å². The predicted octanol–water partition coefficient (Wildman–Crippen LogP) is 0.121. The van der Waals surface area contributed by atoms with Gasteiger partial charge in [-0.25, -0.2) is 13.6 Å². The van der Waals surface area contributed by atoms with Crippen LogP contribution in [-0.4, -0.2) is 18.2 Å². The minimum atomic E-state index is -3.90. The summed E-state index contributed by atoms with van der Waals surface area (Å²) in [7, 11) is -3.90. The molecule has 0 spiro atoms. The summed E-state index contributed by atoms with van der Waals surface area (Å²) in [6.07, 6.45) is 0.717. The molecule has 6 nitrogen and oxygen atoms in total. The highest BCUT2D eigenvalue weighted by Crippen LogP contribution is 2.17. The maximum atomic E-state index is 11.3. The van der Waals surface area contributed by atoms with Crippen LogP contribution < -0.4 is 5.14 Å². The molecule has 0 unspecified atom stereocenters. The molecule has 0 radical (unpaired) electrons. The zero-order valence-electron chi connectivity index (χ0n) is 8.56. The summed E-state index contributed by atoms with van der Waals surface area (Å²) in [5.41, 5.74) is 0.418. The van der Waals surface area contributed by atoms with Crippen molar-refractivity contribution >= 4 is 10.0 Å². The van der Waals surface area contributed by atoms with Crippen molar-refractivity contribution in [1.29, 1.82) is 5.26 Å². The SMILES string of the molecule is CCCn1nc(C)c(C#N)c1S(N)(=O)=O. The van der Waals surface area contributed by atoms with Crippen molar-refractivity contribution in [3.05, 3.63) is 11.3 Å². The number of aromatic nitrogens is 2. The first-order valence-corrected chi connectivity index (χ1v) is 5.96. The minimum Gasteiger partial charge on any atom is -0.252 e. The van der Waals surface area contributed by atoms with Gasteiger partial charge in [0, 0.05) is 6.54 Å². The Morgan fingerprint density at radius 1 is 1.60 bits per heavy atom. The molecule has 0 fully saturated rings. The highest BCUT2D eigenvalue weighted by molar-refractivity contribution is 7.89. The van der Waals surface area contributed by atoms with Crippen molar-refractivity contribution in [2.75, 3.05) is 0 Å². The Hall–Kier alpha value is -1.39. The fourth-order valence-corrected chi connectivity index (χ4v) is 2.25. The molecule has 1 aromatic heterocycles. The van der Waals surface area contributed by atoms with Gasteiger partial charge in [0.1, 0.15) is 11.6 Å². The van der Waals surface area contributed by atoms with Gasteiger partial charge in [-0.2, -0.15) is 10.4 Å². The average molecular weight is 228 g/mol. The molecule has 15 heavy (non-hydrogen) atoms. The van der Waals surface area contributed by atoms with Gasteiger partial charge in [-0.3, -0.25) is 4.68 Å². The third-order valence-corrected chi connectivity index (χ3v) is 2.85. The van der Waals surface area contributed by atoms with Crippen LogP contribution in [0.25, 0.3) is 0 Å². The van der Waals surface area contributed by atoms with Gasteiger partial charge in [0.2, 0.25) is 0 Å². The number of aryl methyl sites for hydroxylation is 2. The van der Waals surface area contributed by atoms with E-state index in [-0.39, 0.29) is 10.6 Å². The highest BCUT2D eigenvalue weighted by Gasteiger charge is 2.23. The number of sulfonamides is 1. The second-order valence-electron chi connectivity index (χ2n) is 3.15. The van der Waals surface area contributed by atoms with Gasteiger partial charge in [-0.1, -0.05) is 6.92 Å². The van der Waals surface area contributed by atoms with Gasteiger partial charge >= 0.3 is 0 Å². The summed E-state index contributed by atoms with van der Waals surface area (Å²) in [6.45, 7) is 3.89. The van der Waals surface area contributed by atoms with Crippen molar-refractivity contribution in [3.63, 3.8) is 0 Å². The fourth-order valence-electron chi connectivity index (χ4n) is 1.34. The van der Waals surface area contributed by atoms with E-state index in [4.69, 9.17) is 10.4 Å². The molecule has 1 rings (SSSR count). The first-order valence-electron chi connectivity index (χ1n) is 4.42. The Morgan fingerprint density at radius 2 is 2.20 bits per heavy atom. The van der Waals surface area contributed by atoms with E-state index in [2.05, 4.69) is 5.10 Å². The molecule has 0 amide bonds. The lowest BCUT2D eigenvalue weighted by Crippen LogP contribution is -2.19. The monoisotopic (exact) mass is 228 g/mol. The molecule has 0 bridgehead atoms. The van der Waals surface area contributed by atoms with E-state index in [0.29, 0.717) is 18.7 Å². The second-order valence-corrected chi connectivity index (χ2v) is 4.62. The molecule has 2 N–H and O–H groups in total. The smallest absolute Gasteiger partial charge is 0.252 e. The lowest BCUT2D eigenvalue weighted by atomic mass is 10.3. The van der Waals surface area contributed by atoms with Gasteiger partial charge in [0.15, 0.2) is 5.03 Å². The Balaban J connectivity index is 3.51. The number of hydrogen-bond acceptors (Lipinski definition) is 4. The van der Waals surface area contributed by atoms with Crippen LogP contribution >= 0.6 is 0 Å². The Labute approximate surface area is 88.4 Å². The van der Waals surface area contributed by atoms with Crippen LogP contribution in [0.15, 0.2) is 5.03 Å². The molecule has 0 aliphatic rings. The zero-order chi connectivity index (χ0) is 11.6. The zero-order valence-corrected chi connectivity index (χ0v) is 9.37. The van der Waals surface area contributed by atoms with Crippen LogP contribution in [0.5, 0.6) is 0 Å². The molecule has 82 valence electrons. The predicted molar refractivity (Wildman–Crippen MR) is 53.3 cm³/mol. The van der Waals surface area contributed by atoms with Gasteiger partial charge in [-0.15, -0.1) is 0 Å². The van der Waals surface area contributed by atoms with E-state index < -0.39 is 10.0 Å². The lowest BCUT2D eigenvalue weighted by Gasteiger charge is -2.03. The summed E-state index contributed by atoms with van der Waals surface area (Å²) < 4.78 is 23.8. The fraction of sp³-hybridized carbons (Fsp3) is 0.500. The van der Waals surface area contributed by atoms with E-state index in [1.165, 1.54) is 4.68 Å². The van der Waals surface area contributed by atoms with Crippen LogP contribution in [0.3, 0.4) is 0 Å². The van der Waals surface area contributed by atoms with Crippen molar-refractivity contribution in [3.8, 4) is 6.07 Å². The number of primary sulfonamides is 1. The molecule has 0 atom stereocenters. The highest BCUT2D eigenvalue weighted by atomic mass is 32.2. The number of nitriles is 1. The number of nitrogens with two attached hydrogens (primary N) is 1. The Kier molecular flexibility index (Phi) is 3.12. The third-order valence-electron chi connectivity index (χ3n) is 1.90. The number of rotatable bonds is 3. The van der Waals surface area contributed by atoms with Gasteiger partial charge in [0.05, 0.1) is 5.69 Å². The van der Waals surface area contributed by atoms with Gasteiger partial charge in [-0.05, 0) is 13.3 Å². The van der Waals surface area contributed by atoms with Crippen LogP contribution in [0, 0.1) is 18.3 Å². The third kappa shape index (κ3) is 2.16. The quantitative estimate of drug-likeness (QED) is 0.793. The maximum absolute atomic E-state index is 11.3. The molecule has 7 heteroatoms. The summed E-state index contributed by atoms with van der Waals surface area (Å²) in [5, 5.41) is 17.6. The van der Waals surface area contributed by atoms with Crippen molar-refractivity contribution in [2.24, 2.45) is 5.14 Å². The maximum Gasteiger partial charge on any atom is 0.256 e. The van der Waals surface area contributed by atoms with Crippen LogP contribution in [0.2, 0.25) is 0 Å². The minimum absolute atomic E-state index is 0.0333. The van der Waals surface area contributed by atoms with Crippen molar-refractivity contribution in [1.82, 2.24) is 9.78 Å². The van der Waals surface area contributed by atoms with E-state index in [1.54, 1.807) is 13.0 Å². The second kappa shape index (κ2) is 4.00. The Bertz CT molecular complexity index is 509. The lowest BCUT2D eigenvalue weighted by molar-refractivity contribution is 0.529. The van der Waals surface area contributed by atoms with Crippen LogP contribution in [-0.2, 0) is 16.6 Å². The molecule has 0 aromatic carbocycles. The molecule has 0 saturated carbocycles. The average Bonchev–Trinajstić information content (AvgIpc) is 2.41. The molecular formula is C8H12N4O2S. The first kappa shape index (κ1) is 11.7. The van der Waals surface area contributed by atoms with E-state index in [1.807, 2.05) is 6.92 Å². The number of hydrogen-bond donors (Lipinski definition) is 1. The van der Waals surface area contributed by atoms with Crippen LogP contribution in [0.1, 0.15) is 24.6 Å². The topological polar surface area (TPSA) is 102 Å². The molecule has 0 saturated heterocycles. The summed E-state index contributed by atoms with van der Waals surface area (Å²) in [6, 6.07) is 1.81. The molecule has 1 aromatic rings. The first-order chi connectivity index (χ1) is 6.91. The van der Waals surface area contributed by atoms with Gasteiger partial charge < -0.3 is 0 Å². The van der Waals surface area contributed by atoms with Crippen LogP contribution in [0.4, 0.5) is 0 Å². The number of nitrogens with zero attached hydrogens (tertiary/aromatic N) is 3. The standard InChI is InChI=1S/C8H12N4O2S/c1-3-4-12-8(15(10,13)14)7(5-9)6(2)11-12/h3-4H2,1-2H3,(H2,10,13,14).